The summed E-state index contributed by atoms with van der Waals surface area (Å²) < 4.78 is 0. The summed E-state index contributed by atoms with van der Waals surface area (Å²) in [7, 11) is 0. The predicted octanol–water partition coefficient (Wildman–Crippen LogP) is 4.66. The minimum Gasteiger partial charge on any atom is -0.355 e. The van der Waals surface area contributed by atoms with Crippen LogP contribution in [0, 0.1) is 6.92 Å². The van der Waals surface area contributed by atoms with Crippen molar-refractivity contribution in [2.75, 3.05) is 6.54 Å². The molecule has 0 atom stereocenters. The fourth-order valence-corrected chi connectivity index (χ4v) is 4.55. The van der Waals surface area contributed by atoms with Crippen molar-refractivity contribution in [3.63, 3.8) is 0 Å². The average molecular weight is 409 g/mol. The monoisotopic (exact) mass is 408 g/mol. The van der Waals surface area contributed by atoms with Crippen molar-refractivity contribution in [2.45, 2.75) is 44.4 Å². The van der Waals surface area contributed by atoms with Gasteiger partial charge in [-0.05, 0) is 67.0 Å². The van der Waals surface area contributed by atoms with Crippen LogP contribution >= 0.6 is 11.6 Å². The number of benzene rings is 2. The van der Waals surface area contributed by atoms with Crippen LogP contribution in [0.15, 0.2) is 53.3 Å². The fraction of sp³-hybridized carbons (Fsp3) is 0.333. The van der Waals surface area contributed by atoms with Crippen molar-refractivity contribution in [3.8, 4) is 0 Å². The number of nitrogens with one attached hydrogen (secondary N) is 2. The molecular formula is C24H25ClN2O2. The molecule has 29 heavy (non-hydrogen) atoms. The number of carbonyl (C=O) groups is 1. The third-order valence-corrected chi connectivity index (χ3v) is 6.30. The largest absolute Gasteiger partial charge is 0.355 e. The second kappa shape index (κ2) is 8.03. The van der Waals surface area contributed by atoms with Gasteiger partial charge in [0.15, 0.2) is 0 Å². The molecule has 4 nitrogen and oxygen atoms in total. The van der Waals surface area contributed by atoms with E-state index in [1.165, 1.54) is 0 Å². The van der Waals surface area contributed by atoms with E-state index in [1.807, 2.05) is 55.5 Å². The number of H-pyrrole nitrogens is 1. The molecule has 1 aliphatic rings. The molecule has 0 radical (unpaired) electrons. The Labute approximate surface area is 175 Å². The Kier molecular flexibility index (Phi) is 5.46. The Morgan fingerprint density at radius 3 is 2.55 bits per heavy atom. The maximum atomic E-state index is 13.1. The molecule has 4 rings (SSSR count). The number of aromatic nitrogens is 1. The minimum absolute atomic E-state index is 0.0464. The Balaban J connectivity index is 1.48. The van der Waals surface area contributed by atoms with Crippen LogP contribution in [0.1, 0.15) is 42.4 Å². The van der Waals surface area contributed by atoms with E-state index >= 15 is 0 Å². The molecule has 5 heteroatoms. The van der Waals surface area contributed by atoms with E-state index in [0.717, 1.165) is 47.7 Å². The van der Waals surface area contributed by atoms with Crippen LogP contribution in [0.5, 0.6) is 0 Å². The minimum atomic E-state index is -0.488. The van der Waals surface area contributed by atoms with Crippen LogP contribution in [0.4, 0.5) is 0 Å². The quantitative estimate of drug-likeness (QED) is 0.644. The van der Waals surface area contributed by atoms with Crippen LogP contribution in [-0.2, 0) is 16.6 Å². The average Bonchev–Trinajstić information content (AvgIpc) is 3.20. The first-order valence-corrected chi connectivity index (χ1v) is 10.5. The number of amides is 1. The third-order valence-electron chi connectivity index (χ3n) is 6.05. The summed E-state index contributed by atoms with van der Waals surface area (Å²) in [6.45, 7) is 2.44. The van der Waals surface area contributed by atoms with Gasteiger partial charge in [0.05, 0.1) is 5.41 Å². The zero-order chi connectivity index (χ0) is 20.4. The SMILES string of the molecule is Cc1ccc2cc(CCNC(=O)C3(c4ccc(Cl)cc4)CCCC3)c(=O)[nH]c2c1. The van der Waals surface area contributed by atoms with Gasteiger partial charge >= 0.3 is 0 Å². The highest BCUT2D eigenvalue weighted by atomic mass is 35.5. The number of hydrogen-bond acceptors (Lipinski definition) is 2. The summed E-state index contributed by atoms with van der Waals surface area (Å²) in [4.78, 5) is 28.5. The van der Waals surface area contributed by atoms with E-state index in [9.17, 15) is 9.59 Å². The lowest BCUT2D eigenvalue weighted by molar-refractivity contribution is -0.126. The Morgan fingerprint density at radius 1 is 1.10 bits per heavy atom. The van der Waals surface area contributed by atoms with Gasteiger partial charge in [0.25, 0.3) is 5.56 Å². The van der Waals surface area contributed by atoms with Gasteiger partial charge in [0.2, 0.25) is 5.91 Å². The standard InChI is InChI=1S/C24H25ClN2O2/c1-16-4-5-17-15-18(22(28)27-21(17)14-16)10-13-26-23(29)24(11-2-3-12-24)19-6-8-20(25)9-7-19/h4-9,14-15H,2-3,10-13H2,1H3,(H,26,29)(H,27,28). The number of hydrogen-bond donors (Lipinski definition) is 2. The molecule has 0 spiro atoms. The summed E-state index contributed by atoms with van der Waals surface area (Å²) in [6, 6.07) is 15.6. The van der Waals surface area contributed by atoms with Gasteiger partial charge < -0.3 is 10.3 Å². The van der Waals surface area contributed by atoms with E-state index in [2.05, 4.69) is 10.3 Å². The van der Waals surface area contributed by atoms with Crippen molar-refractivity contribution in [2.24, 2.45) is 0 Å². The topological polar surface area (TPSA) is 62.0 Å². The first kappa shape index (κ1) is 19.7. The van der Waals surface area contributed by atoms with Gasteiger partial charge in [-0.25, -0.2) is 0 Å². The summed E-state index contributed by atoms with van der Waals surface area (Å²) in [6.07, 6.45) is 4.27. The smallest absolute Gasteiger partial charge is 0.251 e. The zero-order valence-corrected chi connectivity index (χ0v) is 17.3. The molecule has 2 aromatic carbocycles. The van der Waals surface area contributed by atoms with Crippen LogP contribution in [0.25, 0.3) is 10.9 Å². The number of carbonyl (C=O) groups excluding carboxylic acids is 1. The van der Waals surface area contributed by atoms with Crippen LogP contribution in [0.2, 0.25) is 5.02 Å². The van der Waals surface area contributed by atoms with Crippen molar-refractivity contribution in [1.29, 1.82) is 0 Å². The van der Waals surface area contributed by atoms with Crippen LogP contribution in [-0.4, -0.2) is 17.4 Å². The first-order valence-electron chi connectivity index (χ1n) is 10.1. The maximum Gasteiger partial charge on any atom is 0.251 e. The third kappa shape index (κ3) is 3.95. The Bertz CT molecular complexity index is 1100. The highest BCUT2D eigenvalue weighted by Crippen LogP contribution is 2.41. The lowest BCUT2D eigenvalue weighted by Gasteiger charge is -2.28. The van der Waals surface area contributed by atoms with E-state index in [1.54, 1.807) is 0 Å². The lowest BCUT2D eigenvalue weighted by Crippen LogP contribution is -2.43. The van der Waals surface area contributed by atoms with Gasteiger partial charge in [0, 0.05) is 22.6 Å². The molecule has 150 valence electrons. The van der Waals surface area contributed by atoms with Crippen LogP contribution in [0.3, 0.4) is 0 Å². The van der Waals surface area contributed by atoms with E-state index in [0.29, 0.717) is 23.6 Å². The summed E-state index contributed by atoms with van der Waals surface area (Å²) in [5.41, 5.74) is 3.08. The van der Waals surface area contributed by atoms with E-state index in [4.69, 9.17) is 11.6 Å². The molecule has 1 aromatic heterocycles. The molecule has 2 N–H and O–H groups in total. The molecule has 1 heterocycles. The van der Waals surface area contributed by atoms with Gasteiger partial charge in [-0.2, -0.15) is 0 Å². The molecule has 1 saturated carbocycles. The predicted molar refractivity (Wildman–Crippen MR) is 118 cm³/mol. The summed E-state index contributed by atoms with van der Waals surface area (Å²) in [5.74, 6) is 0.0464. The molecule has 0 aliphatic heterocycles. The Morgan fingerprint density at radius 2 is 1.83 bits per heavy atom. The lowest BCUT2D eigenvalue weighted by atomic mass is 9.78. The highest BCUT2D eigenvalue weighted by Gasteiger charge is 2.42. The number of rotatable bonds is 5. The van der Waals surface area contributed by atoms with Gasteiger partial charge in [0.1, 0.15) is 0 Å². The van der Waals surface area contributed by atoms with Gasteiger partial charge in [-0.3, -0.25) is 9.59 Å². The maximum absolute atomic E-state index is 13.1. The van der Waals surface area contributed by atoms with Crippen molar-refractivity contribution < 1.29 is 4.79 Å². The molecule has 3 aromatic rings. The molecule has 1 aliphatic carbocycles. The zero-order valence-electron chi connectivity index (χ0n) is 16.6. The summed E-state index contributed by atoms with van der Waals surface area (Å²) >= 11 is 6.03. The number of fused-ring (bicyclic) bond motifs is 1. The molecule has 0 saturated heterocycles. The number of pyridine rings is 1. The van der Waals surface area contributed by atoms with E-state index < -0.39 is 5.41 Å². The molecular weight excluding hydrogens is 384 g/mol. The van der Waals surface area contributed by atoms with Crippen molar-refractivity contribution >= 4 is 28.4 Å². The van der Waals surface area contributed by atoms with Crippen molar-refractivity contribution in [1.82, 2.24) is 10.3 Å². The number of aromatic amines is 1. The first-order chi connectivity index (χ1) is 14.0. The fourth-order valence-electron chi connectivity index (χ4n) is 4.42. The molecule has 1 amide bonds. The number of aryl methyl sites for hydroxylation is 1. The van der Waals surface area contributed by atoms with Gasteiger partial charge in [-0.1, -0.05) is 48.7 Å². The van der Waals surface area contributed by atoms with Gasteiger partial charge in [-0.15, -0.1) is 0 Å². The molecule has 1 fully saturated rings. The number of halogens is 1. The molecule has 0 bridgehead atoms. The molecule has 0 unspecified atom stereocenters. The second-order valence-corrected chi connectivity index (χ2v) is 8.45. The van der Waals surface area contributed by atoms with Crippen LogP contribution < -0.4 is 10.9 Å². The normalized spacial score (nSPS) is 15.5. The summed E-state index contributed by atoms with van der Waals surface area (Å²) in [5, 5.41) is 4.77. The second-order valence-electron chi connectivity index (χ2n) is 8.02. The Hall–Kier alpha value is -2.59. The van der Waals surface area contributed by atoms with E-state index in [-0.39, 0.29) is 11.5 Å². The highest BCUT2D eigenvalue weighted by molar-refractivity contribution is 6.30. The van der Waals surface area contributed by atoms with Crippen molar-refractivity contribution in [3.05, 3.63) is 80.6 Å².